The molecule has 0 spiro atoms. The maximum atomic E-state index is 12.7. The smallest absolute Gasteiger partial charge is 0.221 e. The summed E-state index contributed by atoms with van der Waals surface area (Å²) >= 11 is 0. The maximum absolute atomic E-state index is 12.7. The van der Waals surface area contributed by atoms with Crippen molar-refractivity contribution in [2.45, 2.75) is 44.1 Å². The fraction of sp³-hybridized carbons (Fsp3) is 0.400. The Morgan fingerprint density at radius 1 is 1.00 bits per heavy atom. The molecule has 1 amide bonds. The summed E-state index contributed by atoms with van der Waals surface area (Å²) in [7, 11) is 0. The van der Waals surface area contributed by atoms with E-state index in [1.165, 1.54) is 29.3 Å². The Morgan fingerprint density at radius 2 is 1.80 bits per heavy atom. The van der Waals surface area contributed by atoms with E-state index in [0.717, 1.165) is 24.3 Å². The Bertz CT molecular complexity index is 1050. The summed E-state index contributed by atoms with van der Waals surface area (Å²) in [5, 5.41) is 4.44. The van der Waals surface area contributed by atoms with Crippen molar-refractivity contribution in [3.63, 3.8) is 0 Å². The summed E-state index contributed by atoms with van der Waals surface area (Å²) in [6.07, 6.45) is 7.12. The van der Waals surface area contributed by atoms with E-state index in [2.05, 4.69) is 46.4 Å². The van der Waals surface area contributed by atoms with Crippen LogP contribution in [0.15, 0.2) is 54.7 Å². The Labute approximate surface area is 177 Å². The quantitative estimate of drug-likeness (QED) is 0.661. The van der Waals surface area contributed by atoms with Crippen LogP contribution in [-0.4, -0.2) is 30.2 Å². The second-order valence-corrected chi connectivity index (χ2v) is 8.44. The topological polar surface area (TPSA) is 52.5 Å². The number of benzene rings is 2. The van der Waals surface area contributed by atoms with Crippen LogP contribution in [0.3, 0.4) is 0 Å². The first-order valence-corrected chi connectivity index (χ1v) is 10.9. The molecule has 1 aromatic heterocycles. The molecule has 0 unspecified atom stereocenters. The monoisotopic (exact) mass is 404 g/mol. The van der Waals surface area contributed by atoms with Crippen molar-refractivity contribution in [1.82, 2.24) is 9.88 Å². The molecule has 2 heterocycles. The molecule has 1 saturated carbocycles. The zero-order valence-electron chi connectivity index (χ0n) is 17.2. The van der Waals surface area contributed by atoms with Gasteiger partial charge in [0.05, 0.1) is 0 Å². The molecule has 1 fully saturated rings. The fourth-order valence-corrected chi connectivity index (χ4v) is 4.91. The van der Waals surface area contributed by atoms with Gasteiger partial charge in [-0.05, 0) is 48.1 Å². The van der Waals surface area contributed by atoms with Crippen LogP contribution < -0.4 is 14.8 Å². The van der Waals surface area contributed by atoms with Crippen molar-refractivity contribution < 1.29 is 14.3 Å². The number of para-hydroxylation sites is 1. The zero-order chi connectivity index (χ0) is 20.4. The van der Waals surface area contributed by atoms with Crippen LogP contribution in [0.25, 0.3) is 10.9 Å². The van der Waals surface area contributed by atoms with Gasteiger partial charge < -0.3 is 19.4 Å². The third kappa shape index (κ3) is 3.64. The number of nitrogens with one attached hydrogen (secondary N) is 1. The predicted octanol–water partition coefficient (Wildman–Crippen LogP) is 4.43. The molecule has 5 heteroatoms. The molecule has 156 valence electrons. The number of carbonyl (C=O) groups excluding carboxylic acids is 1. The lowest BCUT2D eigenvalue weighted by atomic mass is 9.78. The predicted molar refractivity (Wildman–Crippen MR) is 117 cm³/mol. The van der Waals surface area contributed by atoms with Gasteiger partial charge in [-0.25, -0.2) is 0 Å². The lowest BCUT2D eigenvalue weighted by molar-refractivity contribution is -0.121. The van der Waals surface area contributed by atoms with Crippen LogP contribution in [0.4, 0.5) is 0 Å². The lowest BCUT2D eigenvalue weighted by Crippen LogP contribution is -2.39. The molecule has 0 saturated heterocycles. The van der Waals surface area contributed by atoms with Crippen molar-refractivity contribution in [2.24, 2.45) is 0 Å². The molecule has 1 N–H and O–H groups in total. The van der Waals surface area contributed by atoms with Gasteiger partial charge in [-0.1, -0.05) is 37.1 Å². The minimum Gasteiger partial charge on any atom is -0.486 e. The van der Waals surface area contributed by atoms with Crippen LogP contribution in [0.2, 0.25) is 0 Å². The van der Waals surface area contributed by atoms with Crippen LogP contribution in [0.5, 0.6) is 11.5 Å². The minimum atomic E-state index is -0.00829. The molecule has 5 rings (SSSR count). The first-order chi connectivity index (χ1) is 14.7. The number of carbonyl (C=O) groups is 1. The molecule has 0 bridgehead atoms. The van der Waals surface area contributed by atoms with Gasteiger partial charge in [0.1, 0.15) is 13.2 Å². The van der Waals surface area contributed by atoms with Gasteiger partial charge in [0.2, 0.25) is 5.91 Å². The second kappa shape index (κ2) is 8.05. The van der Waals surface area contributed by atoms with Crippen molar-refractivity contribution >= 4 is 16.8 Å². The van der Waals surface area contributed by atoms with Crippen LogP contribution in [0.1, 0.15) is 37.7 Å². The fourth-order valence-electron chi connectivity index (χ4n) is 4.91. The van der Waals surface area contributed by atoms with Crippen molar-refractivity contribution in [1.29, 1.82) is 0 Å². The van der Waals surface area contributed by atoms with Gasteiger partial charge in [0.25, 0.3) is 0 Å². The molecule has 3 aromatic rings. The number of aryl methyl sites for hydroxylation is 1. The number of ether oxygens (including phenoxy) is 2. The molecule has 0 radical (unpaired) electrons. The average Bonchev–Trinajstić information content (AvgIpc) is 3.44. The normalized spacial score (nSPS) is 17.2. The Kier molecular flexibility index (Phi) is 5.11. The van der Waals surface area contributed by atoms with E-state index in [0.29, 0.717) is 32.7 Å². The van der Waals surface area contributed by atoms with Crippen molar-refractivity contribution in [3.05, 3.63) is 60.3 Å². The molecule has 0 atom stereocenters. The number of rotatable bonds is 6. The highest BCUT2D eigenvalue weighted by Crippen LogP contribution is 2.43. The highest BCUT2D eigenvalue weighted by atomic mass is 16.6. The second-order valence-electron chi connectivity index (χ2n) is 8.44. The number of hydrogen-bond donors (Lipinski definition) is 1. The van der Waals surface area contributed by atoms with E-state index in [1.54, 1.807) is 0 Å². The molecule has 2 aliphatic rings. The first-order valence-electron chi connectivity index (χ1n) is 10.9. The minimum absolute atomic E-state index is 0.00829. The number of amides is 1. The van der Waals surface area contributed by atoms with E-state index < -0.39 is 0 Å². The lowest BCUT2D eigenvalue weighted by Gasteiger charge is -2.31. The molecule has 1 aliphatic carbocycles. The summed E-state index contributed by atoms with van der Waals surface area (Å²) in [5.41, 5.74) is 2.42. The third-order valence-electron chi connectivity index (χ3n) is 6.60. The van der Waals surface area contributed by atoms with Crippen LogP contribution in [0, 0.1) is 0 Å². The highest BCUT2D eigenvalue weighted by Gasteiger charge is 2.36. The molecular formula is C25H28N2O3. The average molecular weight is 405 g/mol. The largest absolute Gasteiger partial charge is 0.486 e. The molecule has 2 aromatic carbocycles. The standard InChI is InChI=1S/C25H28N2O3/c28-24(10-14-27-13-9-19-5-1-2-6-21(19)27)26-18-25(11-3-4-12-25)20-7-8-22-23(17-20)30-16-15-29-22/h1-2,5-9,13,17H,3-4,10-12,14-16,18H2,(H,26,28). The van der Waals surface area contributed by atoms with Crippen molar-refractivity contribution in [3.8, 4) is 11.5 Å². The SMILES string of the molecule is O=C(CCn1ccc2ccccc21)NCC1(c2ccc3c(c2)OCCO3)CCCC1. The number of nitrogens with zero attached hydrogens (tertiary/aromatic N) is 1. The molecule has 1 aliphatic heterocycles. The molecule has 30 heavy (non-hydrogen) atoms. The summed E-state index contributed by atoms with van der Waals surface area (Å²) in [5.74, 6) is 1.76. The van der Waals surface area contributed by atoms with E-state index in [9.17, 15) is 4.79 Å². The summed E-state index contributed by atoms with van der Waals surface area (Å²) in [6, 6.07) is 16.7. The number of aromatic nitrogens is 1. The van der Waals surface area contributed by atoms with Crippen molar-refractivity contribution in [2.75, 3.05) is 19.8 Å². The zero-order valence-corrected chi connectivity index (χ0v) is 17.2. The van der Waals surface area contributed by atoms with Gasteiger partial charge >= 0.3 is 0 Å². The summed E-state index contributed by atoms with van der Waals surface area (Å²) in [6.45, 7) is 2.56. The number of hydrogen-bond acceptors (Lipinski definition) is 3. The van der Waals surface area contributed by atoms with E-state index >= 15 is 0 Å². The Morgan fingerprint density at radius 3 is 2.67 bits per heavy atom. The molecule has 5 nitrogen and oxygen atoms in total. The third-order valence-corrected chi connectivity index (χ3v) is 6.60. The van der Waals surface area contributed by atoms with E-state index in [-0.39, 0.29) is 11.3 Å². The van der Waals surface area contributed by atoms with Gasteiger partial charge in [-0.2, -0.15) is 0 Å². The van der Waals surface area contributed by atoms with Crippen LogP contribution in [-0.2, 0) is 16.8 Å². The molecular weight excluding hydrogens is 376 g/mol. The highest BCUT2D eigenvalue weighted by molar-refractivity contribution is 5.80. The number of fused-ring (bicyclic) bond motifs is 2. The van der Waals surface area contributed by atoms with Gasteiger partial charge in [0, 0.05) is 36.6 Å². The van der Waals surface area contributed by atoms with Gasteiger partial charge in [0.15, 0.2) is 11.5 Å². The maximum Gasteiger partial charge on any atom is 0.221 e. The Balaban J connectivity index is 1.25. The van der Waals surface area contributed by atoms with Crippen LogP contribution >= 0.6 is 0 Å². The van der Waals surface area contributed by atoms with E-state index in [4.69, 9.17) is 9.47 Å². The van der Waals surface area contributed by atoms with Gasteiger partial charge in [-0.15, -0.1) is 0 Å². The summed E-state index contributed by atoms with van der Waals surface area (Å²) < 4.78 is 13.6. The first kappa shape index (κ1) is 19.0. The van der Waals surface area contributed by atoms with E-state index in [1.807, 2.05) is 18.2 Å². The Hall–Kier alpha value is -2.95. The van der Waals surface area contributed by atoms with Gasteiger partial charge in [-0.3, -0.25) is 4.79 Å². The summed E-state index contributed by atoms with van der Waals surface area (Å²) in [4.78, 5) is 12.7.